The van der Waals surface area contributed by atoms with Crippen molar-refractivity contribution in [3.63, 3.8) is 0 Å². The number of aryl methyl sites for hydroxylation is 2. The summed E-state index contributed by atoms with van der Waals surface area (Å²) in [6, 6.07) is 7.39. The standard InChI is InChI=1S/C18H30N2/c1-4-10-20-11-6-5-7-16(13-19)18(20)17-12-14(2)8-9-15(17)3/h8-9,12,16,18H,4-7,10-11,13,19H2,1-3H3. The summed E-state index contributed by atoms with van der Waals surface area (Å²) in [5, 5.41) is 0. The summed E-state index contributed by atoms with van der Waals surface area (Å²) in [7, 11) is 0. The predicted octanol–water partition coefficient (Wildman–Crippen LogP) is 3.82. The van der Waals surface area contributed by atoms with Crippen molar-refractivity contribution in [1.29, 1.82) is 0 Å². The van der Waals surface area contributed by atoms with E-state index in [1.165, 1.54) is 55.5 Å². The fourth-order valence-electron chi connectivity index (χ4n) is 3.63. The molecule has 0 amide bonds. The molecule has 2 nitrogen and oxygen atoms in total. The van der Waals surface area contributed by atoms with E-state index < -0.39 is 0 Å². The lowest BCUT2D eigenvalue weighted by molar-refractivity contribution is 0.158. The van der Waals surface area contributed by atoms with E-state index >= 15 is 0 Å². The largest absolute Gasteiger partial charge is 0.330 e. The second-order valence-corrected chi connectivity index (χ2v) is 6.33. The van der Waals surface area contributed by atoms with Crippen molar-refractivity contribution < 1.29 is 0 Å². The van der Waals surface area contributed by atoms with Crippen LogP contribution in [0.3, 0.4) is 0 Å². The first-order valence-electron chi connectivity index (χ1n) is 8.18. The van der Waals surface area contributed by atoms with Gasteiger partial charge in [-0.2, -0.15) is 0 Å². The molecule has 1 saturated heterocycles. The van der Waals surface area contributed by atoms with Gasteiger partial charge in [-0.05, 0) is 69.8 Å². The quantitative estimate of drug-likeness (QED) is 0.904. The van der Waals surface area contributed by atoms with Crippen LogP contribution in [0.4, 0.5) is 0 Å². The molecular formula is C18H30N2. The molecule has 112 valence electrons. The highest BCUT2D eigenvalue weighted by Gasteiger charge is 2.30. The zero-order valence-corrected chi connectivity index (χ0v) is 13.4. The van der Waals surface area contributed by atoms with Crippen molar-refractivity contribution in [3.05, 3.63) is 34.9 Å². The van der Waals surface area contributed by atoms with Gasteiger partial charge in [-0.15, -0.1) is 0 Å². The van der Waals surface area contributed by atoms with Crippen molar-refractivity contribution in [2.24, 2.45) is 11.7 Å². The van der Waals surface area contributed by atoms with Crippen LogP contribution in [-0.4, -0.2) is 24.5 Å². The summed E-state index contributed by atoms with van der Waals surface area (Å²) in [4.78, 5) is 2.69. The highest BCUT2D eigenvalue weighted by atomic mass is 15.2. The Balaban J connectivity index is 2.40. The molecule has 2 unspecified atom stereocenters. The smallest absolute Gasteiger partial charge is 0.0391 e. The lowest BCUT2D eigenvalue weighted by Crippen LogP contribution is -2.36. The van der Waals surface area contributed by atoms with Crippen LogP contribution in [-0.2, 0) is 0 Å². The van der Waals surface area contributed by atoms with E-state index in [2.05, 4.69) is 43.9 Å². The number of hydrogen-bond donors (Lipinski definition) is 1. The Bertz CT molecular complexity index is 427. The monoisotopic (exact) mass is 274 g/mol. The molecule has 0 aromatic heterocycles. The van der Waals surface area contributed by atoms with E-state index in [9.17, 15) is 0 Å². The summed E-state index contributed by atoms with van der Waals surface area (Å²) in [5.74, 6) is 0.601. The van der Waals surface area contributed by atoms with Gasteiger partial charge in [0.1, 0.15) is 0 Å². The molecule has 2 rings (SSSR count). The number of likely N-dealkylation sites (tertiary alicyclic amines) is 1. The van der Waals surface area contributed by atoms with Crippen LogP contribution >= 0.6 is 0 Å². The van der Waals surface area contributed by atoms with E-state index in [0.717, 1.165) is 6.54 Å². The van der Waals surface area contributed by atoms with Crippen molar-refractivity contribution in [3.8, 4) is 0 Å². The van der Waals surface area contributed by atoms with Gasteiger partial charge < -0.3 is 5.73 Å². The van der Waals surface area contributed by atoms with E-state index in [0.29, 0.717) is 12.0 Å². The number of nitrogens with two attached hydrogens (primary N) is 1. The Morgan fingerprint density at radius 2 is 2.05 bits per heavy atom. The molecule has 0 radical (unpaired) electrons. The lowest BCUT2D eigenvalue weighted by atomic mass is 9.86. The van der Waals surface area contributed by atoms with Crippen molar-refractivity contribution in [2.75, 3.05) is 19.6 Å². The predicted molar refractivity (Wildman–Crippen MR) is 86.9 cm³/mol. The highest BCUT2D eigenvalue weighted by Crippen LogP contribution is 2.36. The first kappa shape index (κ1) is 15.5. The Morgan fingerprint density at radius 1 is 1.25 bits per heavy atom. The summed E-state index contributed by atoms with van der Waals surface area (Å²) < 4.78 is 0. The Labute approximate surface area is 124 Å². The van der Waals surface area contributed by atoms with Crippen molar-refractivity contribution >= 4 is 0 Å². The SMILES string of the molecule is CCCN1CCCCC(CN)C1c1cc(C)ccc1C. The van der Waals surface area contributed by atoms with Gasteiger partial charge in [0.05, 0.1) is 0 Å². The zero-order valence-electron chi connectivity index (χ0n) is 13.4. The minimum absolute atomic E-state index is 0.516. The van der Waals surface area contributed by atoms with Crippen LogP contribution in [0.25, 0.3) is 0 Å². The molecular weight excluding hydrogens is 244 g/mol. The maximum absolute atomic E-state index is 6.12. The molecule has 1 heterocycles. The van der Waals surface area contributed by atoms with Gasteiger partial charge in [0.2, 0.25) is 0 Å². The molecule has 1 aromatic rings. The molecule has 1 aliphatic heterocycles. The van der Waals surface area contributed by atoms with Crippen molar-refractivity contribution in [1.82, 2.24) is 4.90 Å². The Kier molecular flexibility index (Phi) is 5.62. The van der Waals surface area contributed by atoms with Crippen molar-refractivity contribution in [2.45, 2.75) is 52.5 Å². The third-order valence-corrected chi connectivity index (χ3v) is 4.68. The van der Waals surface area contributed by atoms with Crippen LogP contribution in [0.5, 0.6) is 0 Å². The third-order valence-electron chi connectivity index (χ3n) is 4.68. The molecule has 0 saturated carbocycles. The fourth-order valence-corrected chi connectivity index (χ4v) is 3.63. The molecule has 0 bridgehead atoms. The maximum Gasteiger partial charge on any atom is 0.0391 e. The van der Waals surface area contributed by atoms with E-state index in [4.69, 9.17) is 5.73 Å². The second kappa shape index (κ2) is 7.24. The minimum atomic E-state index is 0.516. The van der Waals surface area contributed by atoms with Crippen LogP contribution < -0.4 is 5.73 Å². The Hall–Kier alpha value is -0.860. The number of hydrogen-bond acceptors (Lipinski definition) is 2. The topological polar surface area (TPSA) is 29.3 Å². The van der Waals surface area contributed by atoms with Gasteiger partial charge in [-0.25, -0.2) is 0 Å². The van der Waals surface area contributed by atoms with Crippen LogP contribution in [0.15, 0.2) is 18.2 Å². The third kappa shape index (κ3) is 3.42. The average Bonchev–Trinajstić information content (AvgIpc) is 2.64. The zero-order chi connectivity index (χ0) is 14.5. The number of nitrogens with zero attached hydrogens (tertiary/aromatic N) is 1. The van der Waals surface area contributed by atoms with Gasteiger partial charge in [-0.1, -0.05) is 37.1 Å². The molecule has 1 fully saturated rings. The van der Waals surface area contributed by atoms with Crippen LogP contribution in [0.2, 0.25) is 0 Å². The summed E-state index contributed by atoms with van der Waals surface area (Å²) in [6.07, 6.45) is 5.13. The van der Waals surface area contributed by atoms with E-state index in [1.54, 1.807) is 0 Å². The molecule has 1 aromatic carbocycles. The van der Waals surface area contributed by atoms with Gasteiger partial charge in [0.25, 0.3) is 0 Å². The molecule has 2 N–H and O–H groups in total. The summed E-state index contributed by atoms with van der Waals surface area (Å²) in [5.41, 5.74) is 10.4. The summed E-state index contributed by atoms with van der Waals surface area (Å²) >= 11 is 0. The average molecular weight is 274 g/mol. The number of rotatable bonds is 4. The first-order chi connectivity index (χ1) is 9.67. The van der Waals surface area contributed by atoms with Gasteiger partial charge >= 0.3 is 0 Å². The van der Waals surface area contributed by atoms with Crippen LogP contribution in [0, 0.1) is 19.8 Å². The minimum Gasteiger partial charge on any atom is -0.330 e. The van der Waals surface area contributed by atoms with Gasteiger partial charge in [0.15, 0.2) is 0 Å². The second-order valence-electron chi connectivity index (χ2n) is 6.33. The van der Waals surface area contributed by atoms with Gasteiger partial charge in [0, 0.05) is 6.04 Å². The molecule has 0 aliphatic carbocycles. The normalized spacial score (nSPS) is 24.6. The fraction of sp³-hybridized carbons (Fsp3) is 0.667. The van der Waals surface area contributed by atoms with E-state index in [-0.39, 0.29) is 0 Å². The molecule has 20 heavy (non-hydrogen) atoms. The lowest BCUT2D eigenvalue weighted by Gasteiger charge is -2.36. The van der Waals surface area contributed by atoms with Crippen LogP contribution in [0.1, 0.15) is 55.3 Å². The molecule has 0 spiro atoms. The molecule has 1 aliphatic rings. The number of benzene rings is 1. The van der Waals surface area contributed by atoms with Gasteiger partial charge in [-0.3, -0.25) is 4.90 Å². The highest BCUT2D eigenvalue weighted by molar-refractivity contribution is 5.33. The Morgan fingerprint density at radius 3 is 2.75 bits per heavy atom. The van der Waals surface area contributed by atoms with E-state index in [1.807, 2.05) is 0 Å². The molecule has 2 heteroatoms. The maximum atomic E-state index is 6.12. The molecule has 2 atom stereocenters. The summed E-state index contributed by atoms with van der Waals surface area (Å²) in [6.45, 7) is 9.94. The first-order valence-corrected chi connectivity index (χ1v) is 8.18.